The Morgan fingerprint density at radius 1 is 1.24 bits per heavy atom. The highest BCUT2D eigenvalue weighted by Crippen LogP contribution is 2.18. The molecule has 0 unspecified atom stereocenters. The van der Waals surface area contributed by atoms with Crippen LogP contribution >= 0.6 is 0 Å². The summed E-state index contributed by atoms with van der Waals surface area (Å²) in [6.07, 6.45) is -1.05. The third-order valence-corrected chi connectivity index (χ3v) is 3.56. The number of carboxylic acids is 1. The molecule has 0 fully saturated rings. The summed E-state index contributed by atoms with van der Waals surface area (Å²) < 4.78 is 37.3. The van der Waals surface area contributed by atoms with E-state index in [1.54, 1.807) is 24.3 Å². The number of amides is 2. The van der Waals surface area contributed by atoms with Crippen molar-refractivity contribution in [2.75, 3.05) is 13.2 Å². The number of halogens is 3. The maximum Gasteiger partial charge on any atom is 0.490 e. The van der Waals surface area contributed by atoms with Crippen molar-refractivity contribution < 1.29 is 37.4 Å². The number of carbonyl (C=O) groups is 3. The third kappa shape index (κ3) is 8.64. The minimum absolute atomic E-state index is 0.213. The van der Waals surface area contributed by atoms with E-state index in [4.69, 9.17) is 20.4 Å². The number of nitrogens with two attached hydrogens (primary N) is 1. The summed E-state index contributed by atoms with van der Waals surface area (Å²) in [4.78, 5) is 33.0. The fourth-order valence-corrected chi connectivity index (χ4v) is 2.07. The van der Waals surface area contributed by atoms with Crippen molar-refractivity contribution >= 4 is 17.8 Å². The SMILES string of the molecule is C[C@H]1CNC(=O)[C@H](N)CC=CCOc2ccccc2C(=O)N1.O=C(O)C(F)(F)F. The number of alkyl halides is 3. The summed E-state index contributed by atoms with van der Waals surface area (Å²) in [5.41, 5.74) is 6.26. The predicted molar refractivity (Wildman–Crippen MR) is 97.3 cm³/mol. The number of rotatable bonds is 0. The van der Waals surface area contributed by atoms with Crippen molar-refractivity contribution in [3.05, 3.63) is 42.0 Å². The zero-order valence-corrected chi connectivity index (χ0v) is 15.5. The van der Waals surface area contributed by atoms with Crippen molar-refractivity contribution in [3.8, 4) is 5.75 Å². The van der Waals surface area contributed by atoms with Crippen LogP contribution in [0.1, 0.15) is 23.7 Å². The van der Waals surface area contributed by atoms with Gasteiger partial charge in [0.2, 0.25) is 5.91 Å². The van der Waals surface area contributed by atoms with Crippen LogP contribution in [0.25, 0.3) is 0 Å². The van der Waals surface area contributed by atoms with Crippen LogP contribution in [0, 0.1) is 0 Å². The van der Waals surface area contributed by atoms with Crippen molar-refractivity contribution in [2.24, 2.45) is 5.73 Å². The molecule has 1 aromatic carbocycles. The molecular formula is C18H22F3N3O5. The number of aliphatic carboxylic acids is 1. The molecule has 0 aliphatic carbocycles. The van der Waals surface area contributed by atoms with Gasteiger partial charge in [-0.1, -0.05) is 24.3 Å². The molecule has 0 saturated heterocycles. The first kappa shape index (κ1) is 24.0. The van der Waals surface area contributed by atoms with Gasteiger partial charge in [-0.25, -0.2) is 4.79 Å². The normalized spacial score (nSPS) is 20.6. The standard InChI is InChI=1S/C16H21N3O3.C2HF3O2/c1-11-10-18-16(21)13(17)7-4-5-9-22-14-8-3-2-6-12(14)15(20)19-11;3-2(4,5)1(6)7/h2-6,8,11,13H,7,9-10,17H2,1H3,(H,18,21)(H,19,20);(H,6,7)/t11-,13+;/m0./s1. The molecule has 2 amide bonds. The highest BCUT2D eigenvalue weighted by Gasteiger charge is 2.38. The molecule has 1 aliphatic heterocycles. The molecule has 0 bridgehead atoms. The number of hydrogen-bond donors (Lipinski definition) is 4. The Morgan fingerprint density at radius 2 is 1.86 bits per heavy atom. The first-order chi connectivity index (χ1) is 13.5. The van der Waals surface area contributed by atoms with Gasteiger partial charge in [-0.05, 0) is 25.5 Å². The summed E-state index contributed by atoms with van der Waals surface area (Å²) in [6, 6.07) is 6.25. The maximum atomic E-state index is 12.3. The minimum Gasteiger partial charge on any atom is -0.489 e. The summed E-state index contributed by atoms with van der Waals surface area (Å²) in [5, 5.41) is 12.7. The largest absolute Gasteiger partial charge is 0.490 e. The Balaban J connectivity index is 0.000000516. The lowest BCUT2D eigenvalue weighted by atomic mass is 10.1. The molecule has 11 heteroatoms. The molecule has 0 radical (unpaired) electrons. The van der Waals surface area contributed by atoms with E-state index in [2.05, 4.69) is 10.6 Å². The fraction of sp³-hybridized carbons (Fsp3) is 0.389. The average Bonchev–Trinajstić information content (AvgIpc) is 2.65. The van der Waals surface area contributed by atoms with E-state index < -0.39 is 18.2 Å². The maximum absolute atomic E-state index is 12.3. The monoisotopic (exact) mass is 417 g/mol. The van der Waals surface area contributed by atoms with Gasteiger partial charge in [0.05, 0.1) is 11.6 Å². The Bertz CT molecular complexity index is 753. The van der Waals surface area contributed by atoms with E-state index in [1.165, 1.54) is 0 Å². The zero-order chi connectivity index (χ0) is 22.0. The quantitative estimate of drug-likeness (QED) is 0.470. The van der Waals surface area contributed by atoms with Crippen molar-refractivity contribution in [2.45, 2.75) is 31.6 Å². The van der Waals surface area contributed by atoms with E-state index >= 15 is 0 Å². The Kier molecular flexibility index (Phi) is 9.13. The average molecular weight is 417 g/mol. The van der Waals surface area contributed by atoms with Gasteiger partial charge in [-0.2, -0.15) is 13.2 Å². The first-order valence-corrected chi connectivity index (χ1v) is 8.53. The van der Waals surface area contributed by atoms with Crippen LogP contribution in [0.5, 0.6) is 5.75 Å². The predicted octanol–water partition coefficient (Wildman–Crippen LogP) is 1.22. The highest BCUT2D eigenvalue weighted by atomic mass is 19.4. The molecule has 0 aromatic heterocycles. The number of carboxylic acid groups (broad SMARTS) is 1. The van der Waals surface area contributed by atoms with Gasteiger partial charge in [0.1, 0.15) is 12.4 Å². The number of benzene rings is 1. The Labute approximate surface area is 164 Å². The van der Waals surface area contributed by atoms with Crippen LogP contribution in [-0.4, -0.2) is 54.3 Å². The summed E-state index contributed by atoms with van der Waals surface area (Å²) in [6.45, 7) is 2.46. The van der Waals surface area contributed by atoms with Gasteiger partial charge in [0.25, 0.3) is 5.91 Å². The number of para-hydroxylation sites is 1. The molecule has 2 atom stereocenters. The summed E-state index contributed by atoms with van der Waals surface area (Å²) in [5.74, 6) is -2.69. The topological polar surface area (TPSA) is 131 Å². The van der Waals surface area contributed by atoms with Crippen molar-refractivity contribution in [3.63, 3.8) is 0 Å². The van der Waals surface area contributed by atoms with E-state index in [0.29, 0.717) is 30.9 Å². The number of hydrogen-bond acceptors (Lipinski definition) is 5. The number of nitrogens with one attached hydrogen (secondary N) is 2. The molecule has 29 heavy (non-hydrogen) atoms. The van der Waals surface area contributed by atoms with Gasteiger partial charge in [-0.15, -0.1) is 0 Å². The van der Waals surface area contributed by atoms with E-state index in [0.717, 1.165) is 0 Å². The second kappa shape index (κ2) is 11.1. The molecule has 8 nitrogen and oxygen atoms in total. The number of ether oxygens (including phenoxy) is 1. The van der Waals surface area contributed by atoms with Gasteiger partial charge in [-0.3, -0.25) is 9.59 Å². The van der Waals surface area contributed by atoms with E-state index in [-0.39, 0.29) is 17.9 Å². The second-order valence-corrected chi connectivity index (χ2v) is 6.04. The highest BCUT2D eigenvalue weighted by molar-refractivity contribution is 5.97. The van der Waals surface area contributed by atoms with Crippen LogP contribution in [0.15, 0.2) is 36.4 Å². The Morgan fingerprint density at radius 3 is 2.48 bits per heavy atom. The van der Waals surface area contributed by atoms with E-state index in [1.807, 2.05) is 19.1 Å². The fourth-order valence-electron chi connectivity index (χ4n) is 2.07. The molecule has 1 heterocycles. The van der Waals surface area contributed by atoms with Crippen LogP contribution in [0.4, 0.5) is 13.2 Å². The third-order valence-electron chi connectivity index (χ3n) is 3.56. The first-order valence-electron chi connectivity index (χ1n) is 8.53. The minimum atomic E-state index is -5.08. The molecular weight excluding hydrogens is 395 g/mol. The lowest BCUT2D eigenvalue weighted by Gasteiger charge is -2.18. The van der Waals surface area contributed by atoms with Gasteiger partial charge < -0.3 is 26.2 Å². The van der Waals surface area contributed by atoms with Crippen LogP contribution in [-0.2, 0) is 9.59 Å². The van der Waals surface area contributed by atoms with Crippen molar-refractivity contribution in [1.29, 1.82) is 0 Å². The van der Waals surface area contributed by atoms with Crippen molar-refractivity contribution in [1.82, 2.24) is 10.6 Å². The molecule has 0 saturated carbocycles. The lowest BCUT2D eigenvalue weighted by Crippen LogP contribution is -2.46. The molecule has 5 N–H and O–H groups in total. The molecule has 0 spiro atoms. The van der Waals surface area contributed by atoms with E-state index in [9.17, 15) is 22.8 Å². The lowest BCUT2D eigenvalue weighted by molar-refractivity contribution is -0.192. The van der Waals surface area contributed by atoms with Gasteiger partial charge in [0, 0.05) is 12.6 Å². The van der Waals surface area contributed by atoms with Gasteiger partial charge >= 0.3 is 12.1 Å². The van der Waals surface area contributed by atoms with Crippen LogP contribution < -0.4 is 21.1 Å². The molecule has 160 valence electrons. The molecule has 1 aliphatic rings. The zero-order valence-electron chi connectivity index (χ0n) is 15.5. The van der Waals surface area contributed by atoms with Gasteiger partial charge in [0.15, 0.2) is 0 Å². The summed E-state index contributed by atoms with van der Waals surface area (Å²) >= 11 is 0. The Hall–Kier alpha value is -3.08. The summed E-state index contributed by atoms with van der Waals surface area (Å²) in [7, 11) is 0. The van der Waals surface area contributed by atoms with Crippen LogP contribution in [0.2, 0.25) is 0 Å². The number of fused-ring (bicyclic) bond motifs is 1. The molecule has 2 rings (SSSR count). The van der Waals surface area contributed by atoms with Crippen LogP contribution in [0.3, 0.4) is 0 Å². The smallest absolute Gasteiger partial charge is 0.489 e. The second-order valence-electron chi connectivity index (χ2n) is 6.04. The molecule has 1 aromatic rings. The number of carbonyl (C=O) groups excluding carboxylic acids is 2.